The summed E-state index contributed by atoms with van der Waals surface area (Å²) in [6.07, 6.45) is 23.9. The lowest BCUT2D eigenvalue weighted by Crippen LogP contribution is -2.51. The van der Waals surface area contributed by atoms with Gasteiger partial charge < -0.3 is 4.74 Å². The van der Waals surface area contributed by atoms with E-state index in [0.717, 1.165) is 61.2 Å². The monoisotopic (exact) mass is 513 g/mol. The number of carbonyl (C=O) groups is 1. The van der Waals surface area contributed by atoms with Crippen molar-refractivity contribution < 1.29 is 9.53 Å². The molecule has 0 bridgehead atoms. The zero-order valence-electron chi connectivity index (χ0n) is 25.5. The number of hydrogen-bond donors (Lipinski definition) is 0. The van der Waals surface area contributed by atoms with Gasteiger partial charge in [0.2, 0.25) is 0 Å². The minimum atomic E-state index is 0.0485. The highest BCUT2D eigenvalue weighted by molar-refractivity contribution is 5.69. The Labute approximate surface area is 230 Å². The van der Waals surface area contributed by atoms with Crippen LogP contribution in [0.15, 0.2) is 11.6 Å². The van der Waals surface area contributed by atoms with Crippen molar-refractivity contribution in [1.29, 1.82) is 0 Å². The highest BCUT2D eigenvalue weighted by Crippen LogP contribution is 2.67. The molecule has 1 unspecified atom stereocenters. The molecule has 4 aliphatic carbocycles. The van der Waals surface area contributed by atoms with Crippen LogP contribution in [-0.4, -0.2) is 12.1 Å². The number of ether oxygens (including phenoxy) is 1. The lowest BCUT2D eigenvalue weighted by molar-refractivity contribution is -0.151. The van der Waals surface area contributed by atoms with Crippen molar-refractivity contribution in [3.63, 3.8) is 0 Å². The van der Waals surface area contributed by atoms with Crippen LogP contribution in [0.4, 0.5) is 0 Å². The normalized spacial score (nSPS) is 37.9. The van der Waals surface area contributed by atoms with Crippen molar-refractivity contribution in [3.8, 4) is 0 Å². The first-order valence-corrected chi connectivity index (χ1v) is 16.6. The van der Waals surface area contributed by atoms with Gasteiger partial charge in [0, 0.05) is 12.8 Å². The second-order valence-corrected chi connectivity index (χ2v) is 14.8. The van der Waals surface area contributed by atoms with E-state index >= 15 is 0 Å². The van der Waals surface area contributed by atoms with Gasteiger partial charge >= 0.3 is 5.97 Å². The van der Waals surface area contributed by atoms with Crippen molar-refractivity contribution in [1.82, 2.24) is 0 Å². The van der Waals surface area contributed by atoms with Gasteiger partial charge in [0.25, 0.3) is 0 Å². The maximum Gasteiger partial charge on any atom is 0.306 e. The lowest BCUT2D eigenvalue weighted by Gasteiger charge is -2.58. The van der Waals surface area contributed by atoms with Gasteiger partial charge in [-0.2, -0.15) is 0 Å². The summed E-state index contributed by atoms with van der Waals surface area (Å²) in [7, 11) is 0. The molecule has 4 rings (SSSR count). The fourth-order valence-corrected chi connectivity index (χ4v) is 9.87. The second-order valence-electron chi connectivity index (χ2n) is 14.8. The van der Waals surface area contributed by atoms with Crippen molar-refractivity contribution in [2.45, 2.75) is 157 Å². The molecule has 0 N–H and O–H groups in total. The fraction of sp³-hybridized carbons (Fsp3) is 0.914. The topological polar surface area (TPSA) is 26.3 Å². The Morgan fingerprint density at radius 1 is 0.946 bits per heavy atom. The van der Waals surface area contributed by atoms with Gasteiger partial charge in [0.05, 0.1) is 0 Å². The predicted octanol–water partition coefficient (Wildman–Crippen LogP) is 10.3. The first-order chi connectivity index (χ1) is 17.7. The van der Waals surface area contributed by atoms with Gasteiger partial charge in [0.1, 0.15) is 6.10 Å². The Morgan fingerprint density at radius 3 is 2.49 bits per heavy atom. The molecule has 0 heterocycles. The smallest absolute Gasteiger partial charge is 0.306 e. The average Bonchev–Trinajstić information content (AvgIpc) is 3.21. The minimum Gasteiger partial charge on any atom is -0.462 e. The molecule has 0 aromatic heterocycles. The molecule has 8 atom stereocenters. The summed E-state index contributed by atoms with van der Waals surface area (Å²) in [6, 6.07) is 0. The van der Waals surface area contributed by atoms with E-state index in [1.54, 1.807) is 5.57 Å². The maximum atomic E-state index is 12.5. The zero-order valence-corrected chi connectivity index (χ0v) is 25.5. The summed E-state index contributed by atoms with van der Waals surface area (Å²) < 4.78 is 6.02. The Morgan fingerprint density at radius 2 is 1.73 bits per heavy atom. The van der Waals surface area contributed by atoms with Gasteiger partial charge in [-0.05, 0) is 97.7 Å². The molecule has 3 saturated carbocycles. The second kappa shape index (κ2) is 12.6. The van der Waals surface area contributed by atoms with Crippen LogP contribution < -0.4 is 0 Å². The summed E-state index contributed by atoms with van der Waals surface area (Å²) in [5.74, 6) is 5.34. The molecule has 37 heavy (non-hydrogen) atoms. The van der Waals surface area contributed by atoms with Crippen molar-refractivity contribution in [2.75, 3.05) is 0 Å². The lowest BCUT2D eigenvalue weighted by atomic mass is 9.47. The van der Waals surface area contributed by atoms with E-state index < -0.39 is 0 Å². The third-order valence-corrected chi connectivity index (χ3v) is 12.0. The predicted molar refractivity (Wildman–Crippen MR) is 156 cm³/mol. The highest BCUT2D eigenvalue weighted by Gasteiger charge is 2.59. The average molecular weight is 514 g/mol. The molecule has 0 amide bonds. The molecule has 0 spiro atoms. The number of allylic oxidation sites excluding steroid dienone is 1. The van der Waals surface area contributed by atoms with E-state index in [4.69, 9.17) is 4.74 Å². The Bertz CT molecular complexity index is 782. The largest absolute Gasteiger partial charge is 0.462 e. The first kappa shape index (κ1) is 29.2. The quantitative estimate of drug-likeness (QED) is 0.112. The van der Waals surface area contributed by atoms with E-state index in [2.05, 4.69) is 47.6 Å². The van der Waals surface area contributed by atoms with Gasteiger partial charge in [-0.3, -0.25) is 4.79 Å². The Kier molecular flexibility index (Phi) is 9.94. The van der Waals surface area contributed by atoms with E-state index in [1.807, 2.05) is 0 Å². The van der Waals surface area contributed by atoms with Gasteiger partial charge in [-0.15, -0.1) is 0 Å². The number of rotatable bonds is 12. The Balaban J connectivity index is 1.34. The molecule has 0 aromatic carbocycles. The van der Waals surface area contributed by atoms with Gasteiger partial charge in [-0.1, -0.05) is 98.1 Å². The summed E-state index contributed by atoms with van der Waals surface area (Å²) in [5, 5.41) is 0. The van der Waals surface area contributed by atoms with Crippen LogP contribution in [0.5, 0.6) is 0 Å². The summed E-state index contributed by atoms with van der Waals surface area (Å²) in [5.41, 5.74) is 2.54. The molecule has 0 aliphatic heterocycles. The molecule has 0 aromatic rings. The van der Waals surface area contributed by atoms with Crippen LogP contribution in [0.3, 0.4) is 0 Å². The molecule has 3 fully saturated rings. The number of carbonyl (C=O) groups excluding carboxylic acids is 1. The third-order valence-electron chi connectivity index (χ3n) is 12.0. The third kappa shape index (κ3) is 6.35. The summed E-state index contributed by atoms with van der Waals surface area (Å²) in [4.78, 5) is 12.5. The van der Waals surface area contributed by atoms with E-state index in [0.29, 0.717) is 17.3 Å². The van der Waals surface area contributed by atoms with Crippen LogP contribution in [0, 0.1) is 46.3 Å². The van der Waals surface area contributed by atoms with Gasteiger partial charge in [-0.25, -0.2) is 0 Å². The molecule has 2 heteroatoms. The Hall–Kier alpha value is -0.790. The zero-order chi connectivity index (χ0) is 26.6. The number of unbranched alkanes of at least 4 members (excludes halogenated alkanes) is 4. The van der Waals surface area contributed by atoms with Crippen LogP contribution in [0.25, 0.3) is 0 Å². The highest BCUT2D eigenvalue weighted by atomic mass is 16.6. The van der Waals surface area contributed by atoms with Crippen molar-refractivity contribution in [2.24, 2.45) is 46.3 Å². The molecule has 0 radical (unpaired) electrons. The molecule has 2 nitrogen and oxygen atoms in total. The standard InChI is InChI=1S/C35H60O2/c1-7-8-9-10-11-15-33(36)37-28-20-22-34(5)27(24-28)16-17-29-31-19-18-30(26(4)14-12-13-25(2)3)35(31,6)23-21-32(29)34/h16,25-26,28-32H,7-15,17-24H2,1-6H3/t26-,28?,29+,30-,31+,32+,34+,35-/m1/s1/i33+1. The summed E-state index contributed by atoms with van der Waals surface area (Å²) in [6.45, 7) is 14.9. The van der Waals surface area contributed by atoms with Crippen LogP contribution in [-0.2, 0) is 9.53 Å². The first-order valence-electron chi connectivity index (χ1n) is 16.6. The molecule has 4 aliphatic rings. The van der Waals surface area contributed by atoms with E-state index in [9.17, 15) is 4.79 Å². The SMILES string of the molecule is CCCCCCC[13C](=O)OC1CC[C@@]2(C)C(=CC[C@H]3[C@@H]4CC[C@H]([C@H](C)CCCC(C)C)[C@@]4(C)CC[C@@H]32)C1. The molecular formula is C35H60O2. The minimum absolute atomic E-state index is 0.0485. The van der Waals surface area contributed by atoms with E-state index in [1.165, 1.54) is 77.0 Å². The van der Waals surface area contributed by atoms with E-state index in [-0.39, 0.29) is 12.1 Å². The van der Waals surface area contributed by atoms with Crippen LogP contribution >= 0.6 is 0 Å². The molecule has 212 valence electrons. The van der Waals surface area contributed by atoms with Crippen LogP contribution in [0.2, 0.25) is 0 Å². The summed E-state index contributed by atoms with van der Waals surface area (Å²) >= 11 is 0. The molecule has 0 saturated heterocycles. The number of esters is 1. The molecular weight excluding hydrogens is 453 g/mol. The van der Waals surface area contributed by atoms with Crippen molar-refractivity contribution >= 4 is 5.97 Å². The van der Waals surface area contributed by atoms with Gasteiger partial charge in [0.15, 0.2) is 0 Å². The fourth-order valence-electron chi connectivity index (χ4n) is 9.87. The number of hydrogen-bond acceptors (Lipinski definition) is 2. The maximum absolute atomic E-state index is 12.5. The van der Waals surface area contributed by atoms with Crippen LogP contribution in [0.1, 0.15) is 151 Å². The van der Waals surface area contributed by atoms with Crippen molar-refractivity contribution in [3.05, 3.63) is 11.6 Å². The number of fused-ring (bicyclic) bond motifs is 5.